The molecule has 2 saturated carbocycles. The molecular weight excluding hydrogens is 86.1 g/mol. The van der Waals surface area contributed by atoms with Gasteiger partial charge in [-0.3, -0.25) is 0 Å². The van der Waals surface area contributed by atoms with Crippen molar-refractivity contribution in [1.29, 1.82) is 0 Å². The van der Waals surface area contributed by atoms with E-state index in [1.165, 1.54) is 12.8 Å². The second-order valence-electron chi connectivity index (χ2n) is 2.80. The molecule has 0 saturated heterocycles. The molecule has 0 amide bonds. The van der Waals surface area contributed by atoms with Gasteiger partial charge in [0.25, 0.3) is 0 Å². The van der Waals surface area contributed by atoms with Crippen molar-refractivity contribution in [2.45, 2.75) is 12.8 Å². The van der Waals surface area contributed by atoms with Crippen LogP contribution in [0.5, 0.6) is 0 Å². The Morgan fingerprint density at radius 1 is 1.43 bits per heavy atom. The average Bonchev–Trinajstić information content (AvgIpc) is 2.41. The van der Waals surface area contributed by atoms with E-state index in [9.17, 15) is 0 Å². The molecule has 0 aromatic carbocycles. The summed E-state index contributed by atoms with van der Waals surface area (Å²) in [5.41, 5.74) is 5.35. The predicted molar refractivity (Wildman–Crippen MR) is 28.8 cm³/mol. The molecule has 2 N–H and O–H groups in total. The Balaban J connectivity index is 1.73. The van der Waals surface area contributed by atoms with Gasteiger partial charge in [-0.25, -0.2) is 0 Å². The zero-order valence-electron chi connectivity index (χ0n) is 4.43. The summed E-state index contributed by atoms with van der Waals surface area (Å²) in [6.45, 7) is 0.914. The smallest absolute Gasteiger partial charge is 0.00744 e. The van der Waals surface area contributed by atoms with Crippen molar-refractivity contribution in [3.05, 3.63) is 0 Å². The number of nitrogens with two attached hydrogens (primary N) is 1. The van der Waals surface area contributed by atoms with Crippen molar-refractivity contribution in [3.63, 3.8) is 0 Å². The minimum absolute atomic E-state index is 0.914. The Kier molecular flexibility index (Phi) is 0.571. The first kappa shape index (κ1) is 3.90. The maximum Gasteiger partial charge on any atom is -0.00744 e. The minimum Gasteiger partial charge on any atom is -0.330 e. The molecule has 0 aromatic rings. The van der Waals surface area contributed by atoms with E-state index in [0.29, 0.717) is 0 Å². The summed E-state index contributed by atoms with van der Waals surface area (Å²) >= 11 is 0. The Bertz CT molecular complexity index is 82.2. The molecule has 0 aromatic heterocycles. The Morgan fingerprint density at radius 2 is 2.14 bits per heavy atom. The van der Waals surface area contributed by atoms with Gasteiger partial charge in [-0.05, 0) is 37.1 Å². The molecule has 2 aliphatic rings. The highest BCUT2D eigenvalue weighted by Crippen LogP contribution is 2.69. The first-order chi connectivity index (χ1) is 3.43. The third-order valence-electron chi connectivity index (χ3n) is 2.35. The van der Waals surface area contributed by atoms with Crippen LogP contribution in [0.15, 0.2) is 0 Å². The van der Waals surface area contributed by atoms with E-state index in [-0.39, 0.29) is 0 Å². The second kappa shape index (κ2) is 1.03. The quantitative estimate of drug-likeness (QED) is 0.536. The van der Waals surface area contributed by atoms with Crippen LogP contribution in [-0.4, -0.2) is 6.54 Å². The number of fused-ring (bicyclic) bond motifs is 1. The third kappa shape index (κ3) is 0.418. The van der Waals surface area contributed by atoms with Crippen LogP contribution in [0.1, 0.15) is 12.8 Å². The van der Waals surface area contributed by atoms with E-state index >= 15 is 0 Å². The van der Waals surface area contributed by atoms with Crippen molar-refractivity contribution < 1.29 is 0 Å². The lowest BCUT2D eigenvalue weighted by atomic mass is 10.1. The van der Waals surface area contributed by atoms with E-state index < -0.39 is 0 Å². The Morgan fingerprint density at radius 3 is 2.29 bits per heavy atom. The zero-order valence-corrected chi connectivity index (χ0v) is 4.43. The van der Waals surface area contributed by atoms with E-state index in [1.807, 2.05) is 0 Å². The normalized spacial score (nSPS) is 53.6. The molecule has 2 unspecified atom stereocenters. The number of hydrogen-bond donors (Lipinski definition) is 1. The lowest BCUT2D eigenvalue weighted by molar-refractivity contribution is 0.572. The summed E-state index contributed by atoms with van der Waals surface area (Å²) < 4.78 is 0. The molecule has 2 aliphatic carbocycles. The van der Waals surface area contributed by atoms with Gasteiger partial charge in [0, 0.05) is 0 Å². The standard InChI is InChI=1S/C6H11N/c7-2-1-4-5-3-6(4)5/h4-6H,1-3,7H2. The van der Waals surface area contributed by atoms with Crippen molar-refractivity contribution in [2.75, 3.05) is 6.54 Å². The molecule has 2 atom stereocenters. The van der Waals surface area contributed by atoms with Crippen LogP contribution in [0.2, 0.25) is 0 Å². The van der Waals surface area contributed by atoms with Crippen LogP contribution >= 0.6 is 0 Å². The molecule has 0 aliphatic heterocycles. The van der Waals surface area contributed by atoms with Gasteiger partial charge in [-0.1, -0.05) is 0 Å². The van der Waals surface area contributed by atoms with Crippen LogP contribution < -0.4 is 5.73 Å². The Hall–Kier alpha value is -0.0400. The summed E-state index contributed by atoms with van der Waals surface area (Å²) in [4.78, 5) is 0. The van der Waals surface area contributed by atoms with Gasteiger partial charge in [-0.15, -0.1) is 0 Å². The van der Waals surface area contributed by atoms with E-state index in [2.05, 4.69) is 0 Å². The van der Waals surface area contributed by atoms with Crippen molar-refractivity contribution in [2.24, 2.45) is 23.5 Å². The lowest BCUT2D eigenvalue weighted by Crippen LogP contribution is -2.02. The van der Waals surface area contributed by atoms with Gasteiger partial charge in [-0.2, -0.15) is 0 Å². The van der Waals surface area contributed by atoms with Crippen molar-refractivity contribution >= 4 is 0 Å². The van der Waals surface area contributed by atoms with Crippen LogP contribution in [0, 0.1) is 17.8 Å². The molecule has 2 rings (SSSR count). The van der Waals surface area contributed by atoms with Crippen molar-refractivity contribution in [3.8, 4) is 0 Å². The van der Waals surface area contributed by atoms with Gasteiger partial charge in [0.15, 0.2) is 0 Å². The minimum atomic E-state index is 0.914. The van der Waals surface area contributed by atoms with E-state index in [1.54, 1.807) is 0 Å². The zero-order chi connectivity index (χ0) is 4.85. The van der Waals surface area contributed by atoms with Crippen LogP contribution in [0.3, 0.4) is 0 Å². The molecule has 0 heterocycles. The number of hydrogen-bond acceptors (Lipinski definition) is 1. The molecule has 7 heavy (non-hydrogen) atoms. The van der Waals surface area contributed by atoms with Gasteiger partial charge in [0.2, 0.25) is 0 Å². The van der Waals surface area contributed by atoms with Gasteiger partial charge < -0.3 is 5.73 Å². The largest absolute Gasteiger partial charge is 0.330 e. The van der Waals surface area contributed by atoms with Gasteiger partial charge in [0.1, 0.15) is 0 Å². The molecule has 2 fully saturated rings. The first-order valence-corrected chi connectivity index (χ1v) is 3.13. The molecule has 0 radical (unpaired) electrons. The summed E-state index contributed by atoms with van der Waals surface area (Å²) in [7, 11) is 0. The molecular formula is C6H11N. The average molecular weight is 97.2 g/mol. The molecule has 40 valence electrons. The topological polar surface area (TPSA) is 26.0 Å². The fourth-order valence-electron chi connectivity index (χ4n) is 1.53. The third-order valence-corrected chi connectivity index (χ3v) is 2.35. The summed E-state index contributed by atoms with van der Waals surface area (Å²) in [5, 5.41) is 0. The van der Waals surface area contributed by atoms with E-state index in [4.69, 9.17) is 5.73 Å². The number of rotatable bonds is 2. The highest BCUT2D eigenvalue weighted by Gasteiger charge is 2.62. The van der Waals surface area contributed by atoms with Crippen LogP contribution in [0.4, 0.5) is 0 Å². The maximum atomic E-state index is 5.35. The van der Waals surface area contributed by atoms with Crippen LogP contribution in [-0.2, 0) is 0 Å². The maximum absolute atomic E-state index is 5.35. The summed E-state index contributed by atoms with van der Waals surface area (Å²) in [6.07, 6.45) is 2.83. The SMILES string of the molecule is NCCC1C2CC12. The second-order valence-corrected chi connectivity index (χ2v) is 2.80. The highest BCUT2D eigenvalue weighted by atomic mass is 14.7. The molecule has 0 spiro atoms. The predicted octanol–water partition coefficient (Wildman–Crippen LogP) is 0.601. The lowest BCUT2D eigenvalue weighted by Gasteiger charge is -1.96. The monoisotopic (exact) mass is 97.1 g/mol. The van der Waals surface area contributed by atoms with Crippen LogP contribution in [0.25, 0.3) is 0 Å². The fourth-order valence-corrected chi connectivity index (χ4v) is 1.53. The fraction of sp³-hybridized carbons (Fsp3) is 1.00. The molecule has 1 heteroatoms. The van der Waals surface area contributed by atoms with Gasteiger partial charge in [0.05, 0.1) is 0 Å². The summed E-state index contributed by atoms with van der Waals surface area (Å²) in [6, 6.07) is 0. The van der Waals surface area contributed by atoms with Gasteiger partial charge >= 0.3 is 0 Å². The van der Waals surface area contributed by atoms with E-state index in [0.717, 1.165) is 24.3 Å². The highest BCUT2D eigenvalue weighted by molar-refractivity contribution is 5.11. The molecule has 0 bridgehead atoms. The molecule has 1 nitrogen and oxygen atoms in total. The first-order valence-electron chi connectivity index (χ1n) is 3.13. The Labute approximate surface area is 43.9 Å². The summed E-state index contributed by atoms with van der Waals surface area (Å²) in [5.74, 6) is 3.40. The van der Waals surface area contributed by atoms with Crippen molar-refractivity contribution in [1.82, 2.24) is 0 Å².